The molecule has 1 aromatic rings. The molecular formula is C21H38IN5O2. The quantitative estimate of drug-likeness (QED) is 0.192. The van der Waals surface area contributed by atoms with Gasteiger partial charge in [0.1, 0.15) is 6.10 Å². The maximum Gasteiger partial charge on any atom is 0.213 e. The molecule has 1 aromatic heterocycles. The Bertz CT molecular complexity index is 565. The molecule has 0 aliphatic heterocycles. The molecule has 0 unspecified atom stereocenters. The third kappa shape index (κ3) is 11.0. The zero-order valence-corrected chi connectivity index (χ0v) is 20.5. The molecule has 1 aliphatic rings. The molecule has 8 heteroatoms. The molecule has 0 radical (unpaired) electrons. The number of methoxy groups -OCH3 is 1. The SMILES string of the molecule is CCNC(=NCc1ccc(OC2CCCC2)nc1)NCCN(C)CCCOC.I. The average molecular weight is 519 g/mol. The second kappa shape index (κ2) is 15.7. The molecule has 0 amide bonds. The van der Waals surface area contributed by atoms with Gasteiger partial charge in [-0.05, 0) is 51.6 Å². The third-order valence-electron chi connectivity index (χ3n) is 4.83. The summed E-state index contributed by atoms with van der Waals surface area (Å²) in [6.07, 6.45) is 8.07. The van der Waals surface area contributed by atoms with Gasteiger partial charge in [0.25, 0.3) is 0 Å². The summed E-state index contributed by atoms with van der Waals surface area (Å²) in [5, 5.41) is 6.69. The summed E-state index contributed by atoms with van der Waals surface area (Å²) in [6.45, 7) is 7.15. The number of hydrogen-bond donors (Lipinski definition) is 2. The molecule has 0 atom stereocenters. The van der Waals surface area contributed by atoms with Crippen molar-refractivity contribution in [3.05, 3.63) is 23.9 Å². The van der Waals surface area contributed by atoms with E-state index in [0.717, 1.165) is 69.5 Å². The first-order valence-corrected chi connectivity index (χ1v) is 10.5. The van der Waals surface area contributed by atoms with Crippen LogP contribution in [0, 0.1) is 0 Å². The van der Waals surface area contributed by atoms with E-state index in [1.807, 2.05) is 18.3 Å². The van der Waals surface area contributed by atoms with Crippen LogP contribution in [0.2, 0.25) is 0 Å². The number of rotatable bonds is 12. The highest BCUT2D eigenvalue weighted by Crippen LogP contribution is 2.22. The normalized spacial score (nSPS) is 14.7. The van der Waals surface area contributed by atoms with Crippen molar-refractivity contribution in [2.75, 3.05) is 46.9 Å². The molecular weight excluding hydrogens is 481 g/mol. The van der Waals surface area contributed by atoms with Crippen LogP contribution in [0.5, 0.6) is 5.88 Å². The number of pyridine rings is 1. The fraction of sp³-hybridized carbons (Fsp3) is 0.714. The average Bonchev–Trinajstić information content (AvgIpc) is 3.20. The molecule has 1 fully saturated rings. The van der Waals surface area contributed by atoms with Crippen molar-refractivity contribution in [3.8, 4) is 5.88 Å². The molecule has 166 valence electrons. The van der Waals surface area contributed by atoms with Gasteiger partial charge in [0.2, 0.25) is 5.88 Å². The molecule has 0 bridgehead atoms. The fourth-order valence-electron chi connectivity index (χ4n) is 3.22. The molecule has 2 N–H and O–H groups in total. The van der Waals surface area contributed by atoms with E-state index < -0.39 is 0 Å². The molecule has 2 rings (SSSR count). The second-order valence-corrected chi connectivity index (χ2v) is 7.30. The van der Waals surface area contributed by atoms with E-state index in [-0.39, 0.29) is 24.0 Å². The van der Waals surface area contributed by atoms with Gasteiger partial charge in [-0.2, -0.15) is 0 Å². The lowest BCUT2D eigenvalue weighted by Gasteiger charge is -2.18. The number of hydrogen-bond acceptors (Lipinski definition) is 5. The minimum Gasteiger partial charge on any atom is -0.474 e. The van der Waals surface area contributed by atoms with Crippen LogP contribution in [0.15, 0.2) is 23.3 Å². The Kier molecular flexibility index (Phi) is 14.0. The molecule has 1 heterocycles. The Morgan fingerprint density at radius 1 is 1.24 bits per heavy atom. The van der Waals surface area contributed by atoms with Crippen molar-refractivity contribution in [3.63, 3.8) is 0 Å². The van der Waals surface area contributed by atoms with Crippen LogP contribution in [0.4, 0.5) is 0 Å². The highest BCUT2D eigenvalue weighted by Gasteiger charge is 2.16. The third-order valence-corrected chi connectivity index (χ3v) is 4.83. The number of nitrogens with one attached hydrogen (secondary N) is 2. The van der Waals surface area contributed by atoms with Crippen molar-refractivity contribution >= 4 is 29.9 Å². The summed E-state index contributed by atoms with van der Waals surface area (Å²) in [5.41, 5.74) is 1.08. The first kappa shape index (κ1) is 25.9. The minimum absolute atomic E-state index is 0. The molecule has 1 aliphatic carbocycles. The van der Waals surface area contributed by atoms with Crippen molar-refractivity contribution < 1.29 is 9.47 Å². The van der Waals surface area contributed by atoms with Crippen LogP contribution in [0.3, 0.4) is 0 Å². The van der Waals surface area contributed by atoms with Gasteiger partial charge in [-0.1, -0.05) is 6.07 Å². The largest absolute Gasteiger partial charge is 0.474 e. The van der Waals surface area contributed by atoms with E-state index in [9.17, 15) is 0 Å². The van der Waals surface area contributed by atoms with Gasteiger partial charge in [0, 0.05) is 52.2 Å². The molecule has 29 heavy (non-hydrogen) atoms. The summed E-state index contributed by atoms with van der Waals surface area (Å²) < 4.78 is 11.0. The number of guanidine groups is 1. The van der Waals surface area contributed by atoms with E-state index in [1.165, 1.54) is 12.8 Å². The standard InChI is InChI=1S/C21H37N5O2.HI/c1-4-22-21(23-12-14-26(2)13-7-15-27-3)25-17-18-10-11-20(24-16-18)28-19-8-5-6-9-19;/h10-11,16,19H,4-9,12-15,17H2,1-3H3,(H2,22,23,25);1H. The number of aromatic nitrogens is 1. The Balaban J connectivity index is 0.00000420. The van der Waals surface area contributed by atoms with E-state index >= 15 is 0 Å². The van der Waals surface area contributed by atoms with Gasteiger partial charge >= 0.3 is 0 Å². The summed E-state index contributed by atoms with van der Waals surface area (Å²) in [7, 11) is 3.87. The predicted molar refractivity (Wildman–Crippen MR) is 129 cm³/mol. The zero-order valence-electron chi connectivity index (χ0n) is 18.2. The minimum atomic E-state index is 0. The van der Waals surface area contributed by atoms with Crippen molar-refractivity contribution in [1.29, 1.82) is 0 Å². The summed E-state index contributed by atoms with van der Waals surface area (Å²) in [6, 6.07) is 4.01. The smallest absolute Gasteiger partial charge is 0.213 e. The van der Waals surface area contributed by atoms with Gasteiger partial charge in [0.05, 0.1) is 6.54 Å². The van der Waals surface area contributed by atoms with Gasteiger partial charge in [-0.15, -0.1) is 24.0 Å². The molecule has 0 aromatic carbocycles. The topological polar surface area (TPSA) is 71.0 Å². The van der Waals surface area contributed by atoms with Crippen LogP contribution in [-0.2, 0) is 11.3 Å². The zero-order chi connectivity index (χ0) is 20.0. The van der Waals surface area contributed by atoms with E-state index in [0.29, 0.717) is 12.6 Å². The van der Waals surface area contributed by atoms with Crippen LogP contribution >= 0.6 is 24.0 Å². The van der Waals surface area contributed by atoms with Gasteiger partial charge in [-0.25, -0.2) is 9.98 Å². The number of halogens is 1. The number of nitrogens with zero attached hydrogens (tertiary/aromatic N) is 3. The first-order chi connectivity index (χ1) is 13.7. The first-order valence-electron chi connectivity index (χ1n) is 10.5. The molecule has 0 spiro atoms. The Hall–Kier alpha value is -1.13. The summed E-state index contributed by atoms with van der Waals surface area (Å²) in [4.78, 5) is 11.4. The van der Waals surface area contributed by atoms with Gasteiger partial charge in [-0.3, -0.25) is 0 Å². The lowest BCUT2D eigenvalue weighted by molar-refractivity contribution is 0.180. The number of ether oxygens (including phenoxy) is 2. The van der Waals surface area contributed by atoms with E-state index in [4.69, 9.17) is 9.47 Å². The lowest BCUT2D eigenvalue weighted by atomic mass is 10.3. The molecule has 0 saturated heterocycles. The monoisotopic (exact) mass is 519 g/mol. The lowest BCUT2D eigenvalue weighted by Crippen LogP contribution is -2.41. The summed E-state index contributed by atoms with van der Waals surface area (Å²) in [5.74, 6) is 1.56. The summed E-state index contributed by atoms with van der Waals surface area (Å²) >= 11 is 0. The number of aliphatic imine (C=N–C) groups is 1. The van der Waals surface area contributed by atoms with E-state index in [1.54, 1.807) is 7.11 Å². The highest BCUT2D eigenvalue weighted by atomic mass is 127. The molecule has 1 saturated carbocycles. The van der Waals surface area contributed by atoms with Gasteiger partial charge in [0.15, 0.2) is 5.96 Å². The Morgan fingerprint density at radius 3 is 2.69 bits per heavy atom. The highest BCUT2D eigenvalue weighted by molar-refractivity contribution is 14.0. The van der Waals surface area contributed by atoms with Gasteiger partial charge < -0.3 is 25.0 Å². The van der Waals surface area contributed by atoms with Crippen molar-refractivity contribution in [2.45, 2.75) is 51.7 Å². The van der Waals surface area contributed by atoms with Crippen LogP contribution in [0.1, 0.15) is 44.6 Å². The van der Waals surface area contributed by atoms with Crippen LogP contribution in [-0.4, -0.2) is 68.9 Å². The fourth-order valence-corrected chi connectivity index (χ4v) is 3.22. The Morgan fingerprint density at radius 2 is 2.03 bits per heavy atom. The maximum absolute atomic E-state index is 5.92. The Labute approximate surface area is 193 Å². The van der Waals surface area contributed by atoms with E-state index in [2.05, 4.69) is 39.5 Å². The van der Waals surface area contributed by atoms with Crippen molar-refractivity contribution in [1.82, 2.24) is 20.5 Å². The predicted octanol–water partition coefficient (Wildman–Crippen LogP) is 3.04. The molecule has 7 nitrogen and oxygen atoms in total. The van der Waals surface area contributed by atoms with Crippen molar-refractivity contribution in [2.24, 2.45) is 4.99 Å². The van der Waals surface area contributed by atoms with Crippen LogP contribution in [0.25, 0.3) is 0 Å². The van der Waals surface area contributed by atoms with Crippen LogP contribution < -0.4 is 15.4 Å². The maximum atomic E-state index is 5.92. The number of likely N-dealkylation sites (N-methyl/N-ethyl adjacent to an activating group) is 1. The second-order valence-electron chi connectivity index (χ2n) is 7.30.